The van der Waals surface area contributed by atoms with Crippen molar-refractivity contribution in [3.05, 3.63) is 41.2 Å². The molecule has 0 spiro atoms. The zero-order chi connectivity index (χ0) is 16.8. The van der Waals surface area contributed by atoms with Gasteiger partial charge in [0.05, 0.1) is 5.56 Å². The number of amides is 1. The Balaban J connectivity index is 2.47. The number of alkyl carbamates (subject to hydrolysis) is 1. The molecule has 0 heterocycles. The van der Waals surface area contributed by atoms with Gasteiger partial charge in [0, 0.05) is 6.54 Å². The first-order valence-corrected chi connectivity index (χ1v) is 6.84. The van der Waals surface area contributed by atoms with Crippen molar-refractivity contribution in [2.45, 2.75) is 32.8 Å². The van der Waals surface area contributed by atoms with Crippen molar-refractivity contribution in [1.29, 1.82) is 0 Å². The summed E-state index contributed by atoms with van der Waals surface area (Å²) in [5, 5.41) is 11.4. The summed E-state index contributed by atoms with van der Waals surface area (Å²) in [6.45, 7) is 5.69. The van der Waals surface area contributed by atoms with Gasteiger partial charge in [-0.25, -0.2) is 14.0 Å². The van der Waals surface area contributed by atoms with Crippen LogP contribution in [0.4, 0.5) is 9.18 Å². The highest BCUT2D eigenvalue weighted by Crippen LogP contribution is 2.11. The van der Waals surface area contributed by atoms with Crippen molar-refractivity contribution >= 4 is 18.1 Å². The zero-order valence-electron chi connectivity index (χ0n) is 12.9. The van der Waals surface area contributed by atoms with Crippen LogP contribution < -0.4 is 5.32 Å². The fraction of sp³-hybridized carbons (Fsp3) is 0.375. The molecule has 0 unspecified atom stereocenters. The molecule has 0 bridgehead atoms. The van der Waals surface area contributed by atoms with Crippen molar-refractivity contribution in [2.24, 2.45) is 0 Å². The van der Waals surface area contributed by atoms with Gasteiger partial charge < -0.3 is 15.2 Å². The number of nitrogens with one attached hydrogen (secondary N) is 1. The average molecular weight is 309 g/mol. The second-order valence-corrected chi connectivity index (χ2v) is 5.70. The lowest BCUT2D eigenvalue weighted by atomic mass is 10.1. The lowest BCUT2D eigenvalue weighted by molar-refractivity contribution is 0.0528. The van der Waals surface area contributed by atoms with E-state index in [-0.39, 0.29) is 5.56 Å². The van der Waals surface area contributed by atoms with Gasteiger partial charge in [0.1, 0.15) is 11.4 Å². The summed E-state index contributed by atoms with van der Waals surface area (Å²) in [6, 6.07) is 3.58. The Labute approximate surface area is 128 Å². The summed E-state index contributed by atoms with van der Waals surface area (Å²) in [5.41, 5.74) is -0.199. The van der Waals surface area contributed by atoms with Crippen molar-refractivity contribution < 1.29 is 23.8 Å². The van der Waals surface area contributed by atoms with Gasteiger partial charge in [-0.15, -0.1) is 0 Å². The van der Waals surface area contributed by atoms with Crippen LogP contribution in [0.3, 0.4) is 0 Å². The molecule has 1 aromatic carbocycles. The largest absolute Gasteiger partial charge is 0.478 e. The normalized spacial score (nSPS) is 11.5. The molecule has 0 saturated heterocycles. The molecule has 2 N–H and O–H groups in total. The first kappa shape index (κ1) is 17.7. The van der Waals surface area contributed by atoms with Crippen LogP contribution in [0.2, 0.25) is 0 Å². The molecule has 0 aliphatic heterocycles. The van der Waals surface area contributed by atoms with Crippen molar-refractivity contribution in [1.82, 2.24) is 5.32 Å². The van der Waals surface area contributed by atoms with E-state index >= 15 is 0 Å². The summed E-state index contributed by atoms with van der Waals surface area (Å²) in [4.78, 5) is 22.2. The second kappa shape index (κ2) is 7.59. The number of aromatic carboxylic acids is 1. The maximum atomic E-state index is 13.3. The summed E-state index contributed by atoms with van der Waals surface area (Å²) in [5.74, 6) is -1.79. The van der Waals surface area contributed by atoms with Crippen LogP contribution in [-0.2, 0) is 4.74 Å². The van der Waals surface area contributed by atoms with Gasteiger partial charge in [-0.3, -0.25) is 0 Å². The van der Waals surface area contributed by atoms with Gasteiger partial charge in [-0.05, 0) is 51.0 Å². The molecule has 5 nitrogen and oxygen atoms in total. The lowest BCUT2D eigenvalue weighted by Crippen LogP contribution is -2.32. The van der Waals surface area contributed by atoms with Gasteiger partial charge >= 0.3 is 12.1 Å². The van der Waals surface area contributed by atoms with E-state index in [2.05, 4.69) is 5.32 Å². The highest BCUT2D eigenvalue weighted by atomic mass is 19.1. The van der Waals surface area contributed by atoms with Crippen LogP contribution in [0.5, 0.6) is 0 Å². The first-order chi connectivity index (χ1) is 10.2. The SMILES string of the molecule is CC(C)(C)OC(=O)NCCC=Cc1cc(F)cc(C(=O)O)c1. The molecule has 1 rings (SSSR count). The molecule has 1 aromatic rings. The van der Waals surface area contributed by atoms with Crippen molar-refractivity contribution in [3.63, 3.8) is 0 Å². The number of carbonyl (C=O) groups excluding carboxylic acids is 1. The maximum absolute atomic E-state index is 13.3. The number of carboxylic acid groups (broad SMARTS) is 1. The monoisotopic (exact) mass is 309 g/mol. The van der Waals surface area contributed by atoms with Crippen molar-refractivity contribution in [2.75, 3.05) is 6.54 Å². The number of carbonyl (C=O) groups is 2. The Bertz CT molecular complexity index is 576. The summed E-state index contributed by atoms with van der Waals surface area (Å²) < 4.78 is 18.3. The summed E-state index contributed by atoms with van der Waals surface area (Å²) in [6.07, 6.45) is 3.34. The zero-order valence-corrected chi connectivity index (χ0v) is 12.9. The number of rotatable bonds is 5. The molecule has 22 heavy (non-hydrogen) atoms. The molecule has 120 valence electrons. The topological polar surface area (TPSA) is 75.6 Å². The molecule has 0 atom stereocenters. The Hall–Kier alpha value is -2.37. The third kappa shape index (κ3) is 6.88. The van der Waals surface area contributed by atoms with Gasteiger partial charge in [-0.1, -0.05) is 12.2 Å². The van der Waals surface area contributed by atoms with Gasteiger partial charge in [0.15, 0.2) is 0 Å². The Morgan fingerprint density at radius 2 is 2.00 bits per heavy atom. The van der Waals surface area contributed by atoms with Gasteiger partial charge in [-0.2, -0.15) is 0 Å². The Kier molecular flexibility index (Phi) is 6.10. The third-order valence-electron chi connectivity index (χ3n) is 2.46. The number of ether oxygens (including phenoxy) is 1. The fourth-order valence-corrected chi connectivity index (χ4v) is 1.62. The minimum Gasteiger partial charge on any atom is -0.478 e. The molecular weight excluding hydrogens is 289 g/mol. The Morgan fingerprint density at radius 1 is 1.32 bits per heavy atom. The van der Waals surface area contributed by atoms with Crippen LogP contribution in [0.15, 0.2) is 24.3 Å². The molecule has 0 aromatic heterocycles. The van der Waals surface area contributed by atoms with Crippen molar-refractivity contribution in [3.8, 4) is 0 Å². The fourth-order valence-electron chi connectivity index (χ4n) is 1.62. The summed E-state index contributed by atoms with van der Waals surface area (Å²) >= 11 is 0. The van der Waals surface area contributed by atoms with E-state index < -0.39 is 23.5 Å². The van der Waals surface area contributed by atoms with Crippen LogP contribution in [0, 0.1) is 5.82 Å². The predicted molar refractivity (Wildman–Crippen MR) is 81.2 cm³/mol. The Morgan fingerprint density at radius 3 is 2.59 bits per heavy atom. The van der Waals surface area contributed by atoms with E-state index in [1.54, 1.807) is 32.9 Å². The van der Waals surface area contributed by atoms with Gasteiger partial charge in [0.25, 0.3) is 0 Å². The molecule has 0 aliphatic carbocycles. The number of hydrogen-bond acceptors (Lipinski definition) is 3. The quantitative estimate of drug-likeness (QED) is 0.817. The number of benzene rings is 1. The number of halogens is 1. The average Bonchev–Trinajstić information content (AvgIpc) is 2.35. The molecule has 1 amide bonds. The van der Waals surface area contributed by atoms with E-state index in [0.29, 0.717) is 18.5 Å². The molecule has 0 fully saturated rings. The number of carboxylic acids is 1. The second-order valence-electron chi connectivity index (χ2n) is 5.70. The van der Waals surface area contributed by atoms with E-state index in [0.717, 1.165) is 6.07 Å². The highest BCUT2D eigenvalue weighted by Gasteiger charge is 2.15. The molecule has 0 saturated carbocycles. The molecule has 0 aliphatic rings. The molecule has 6 heteroatoms. The first-order valence-electron chi connectivity index (χ1n) is 6.84. The minimum atomic E-state index is -1.18. The van der Waals surface area contributed by atoms with Crippen LogP contribution in [-0.4, -0.2) is 29.3 Å². The van der Waals surface area contributed by atoms with Crippen LogP contribution in [0.1, 0.15) is 43.1 Å². The number of hydrogen-bond donors (Lipinski definition) is 2. The molecular formula is C16H20FNO4. The predicted octanol–water partition coefficient (Wildman–Crippen LogP) is 3.45. The smallest absolute Gasteiger partial charge is 0.407 e. The highest BCUT2D eigenvalue weighted by molar-refractivity contribution is 5.88. The van der Waals surface area contributed by atoms with E-state index in [4.69, 9.17) is 9.84 Å². The minimum absolute atomic E-state index is 0.105. The lowest BCUT2D eigenvalue weighted by Gasteiger charge is -2.19. The third-order valence-corrected chi connectivity index (χ3v) is 2.46. The van der Waals surface area contributed by atoms with Gasteiger partial charge in [0.2, 0.25) is 0 Å². The van der Waals surface area contributed by atoms with Crippen LogP contribution >= 0.6 is 0 Å². The van der Waals surface area contributed by atoms with E-state index in [1.165, 1.54) is 12.1 Å². The van der Waals surface area contributed by atoms with E-state index in [1.807, 2.05) is 0 Å². The van der Waals surface area contributed by atoms with E-state index in [9.17, 15) is 14.0 Å². The molecule has 0 radical (unpaired) electrons. The van der Waals surface area contributed by atoms with Crippen LogP contribution in [0.25, 0.3) is 6.08 Å². The summed E-state index contributed by atoms with van der Waals surface area (Å²) in [7, 11) is 0. The maximum Gasteiger partial charge on any atom is 0.407 e. The standard InChI is InChI=1S/C16H20FNO4/c1-16(2,3)22-15(21)18-7-5-4-6-11-8-12(14(19)20)10-13(17)9-11/h4,6,8-10H,5,7H2,1-3H3,(H,18,21)(H,19,20).